The van der Waals surface area contributed by atoms with E-state index in [0.717, 1.165) is 0 Å². The third-order valence-electron chi connectivity index (χ3n) is 3.22. The van der Waals surface area contributed by atoms with Crippen molar-refractivity contribution in [3.8, 4) is 0 Å². The Morgan fingerprint density at radius 3 is 2.35 bits per heavy atom. The topological polar surface area (TPSA) is 72.5 Å². The Hall–Kier alpha value is -1.89. The van der Waals surface area contributed by atoms with E-state index in [-0.39, 0.29) is 16.3 Å². The highest BCUT2D eigenvalue weighted by Gasteiger charge is 2.25. The lowest BCUT2D eigenvalue weighted by Gasteiger charge is -2.18. The van der Waals surface area contributed by atoms with Crippen LogP contribution in [0.4, 0.5) is 0 Å². The van der Waals surface area contributed by atoms with E-state index < -0.39 is 22.0 Å². The highest BCUT2D eigenvalue weighted by atomic mass is 35.5. The second kappa shape index (κ2) is 7.59. The first-order chi connectivity index (χ1) is 10.9. The van der Waals surface area contributed by atoms with Gasteiger partial charge in [-0.05, 0) is 17.7 Å². The molecule has 0 bridgehead atoms. The van der Waals surface area contributed by atoms with Crippen LogP contribution in [-0.4, -0.2) is 21.5 Å². The van der Waals surface area contributed by atoms with Crippen molar-refractivity contribution in [2.45, 2.75) is 17.4 Å². The number of rotatable bonds is 6. The molecule has 0 radical (unpaired) electrons. The molecular formula is C16H16ClNO4S. The number of halogens is 1. The van der Waals surface area contributed by atoms with Crippen LogP contribution in [0.1, 0.15) is 18.0 Å². The third-order valence-corrected chi connectivity index (χ3v) is 5.20. The van der Waals surface area contributed by atoms with E-state index in [1.165, 1.54) is 19.2 Å². The van der Waals surface area contributed by atoms with E-state index in [1.807, 2.05) is 0 Å². The van der Waals surface area contributed by atoms with Crippen LogP contribution in [0.5, 0.6) is 0 Å². The van der Waals surface area contributed by atoms with Gasteiger partial charge in [0.2, 0.25) is 10.0 Å². The first-order valence-corrected chi connectivity index (χ1v) is 8.69. The van der Waals surface area contributed by atoms with Crippen molar-refractivity contribution in [3.63, 3.8) is 0 Å². The summed E-state index contributed by atoms with van der Waals surface area (Å²) in [5, 5.41) is 0.116. The summed E-state index contributed by atoms with van der Waals surface area (Å²) >= 11 is 5.96. The molecule has 1 N–H and O–H groups in total. The Kier molecular flexibility index (Phi) is 5.76. The van der Waals surface area contributed by atoms with Gasteiger partial charge < -0.3 is 4.74 Å². The van der Waals surface area contributed by atoms with E-state index in [0.29, 0.717) is 5.56 Å². The molecule has 122 valence electrons. The molecule has 0 heterocycles. The van der Waals surface area contributed by atoms with E-state index >= 15 is 0 Å². The number of hydrogen-bond acceptors (Lipinski definition) is 4. The van der Waals surface area contributed by atoms with Crippen LogP contribution in [0.25, 0.3) is 0 Å². The van der Waals surface area contributed by atoms with Crippen molar-refractivity contribution >= 4 is 27.6 Å². The number of sulfonamides is 1. The van der Waals surface area contributed by atoms with Crippen LogP contribution in [0, 0.1) is 0 Å². The zero-order chi connectivity index (χ0) is 16.9. The molecule has 0 aliphatic carbocycles. The molecule has 2 aromatic carbocycles. The Balaban J connectivity index is 2.34. The number of benzene rings is 2. The Labute approximate surface area is 140 Å². The summed E-state index contributed by atoms with van der Waals surface area (Å²) in [5.41, 5.74) is 0.661. The van der Waals surface area contributed by atoms with Crippen LogP contribution >= 0.6 is 11.6 Å². The maximum absolute atomic E-state index is 12.6. The fraction of sp³-hybridized carbons (Fsp3) is 0.188. The fourth-order valence-corrected chi connectivity index (χ4v) is 3.82. The number of carbonyl (C=O) groups is 1. The molecule has 5 nitrogen and oxygen atoms in total. The molecular weight excluding hydrogens is 338 g/mol. The smallest absolute Gasteiger partial charge is 0.307 e. The zero-order valence-electron chi connectivity index (χ0n) is 12.4. The summed E-state index contributed by atoms with van der Waals surface area (Å²) in [6, 6.07) is 14.2. The van der Waals surface area contributed by atoms with Crippen LogP contribution in [-0.2, 0) is 19.6 Å². The van der Waals surface area contributed by atoms with E-state index in [4.69, 9.17) is 11.6 Å². The van der Waals surface area contributed by atoms with Crippen molar-refractivity contribution < 1.29 is 17.9 Å². The van der Waals surface area contributed by atoms with Gasteiger partial charge in [0.05, 0.1) is 24.6 Å². The van der Waals surface area contributed by atoms with Crippen molar-refractivity contribution in [1.82, 2.24) is 4.72 Å². The van der Waals surface area contributed by atoms with Crippen LogP contribution in [0.3, 0.4) is 0 Å². The predicted octanol–water partition coefficient (Wildman–Crippen LogP) is 2.92. The summed E-state index contributed by atoms with van der Waals surface area (Å²) in [5.74, 6) is -0.513. The Bertz CT molecular complexity index is 778. The number of hydrogen-bond donors (Lipinski definition) is 1. The summed E-state index contributed by atoms with van der Waals surface area (Å²) < 4.78 is 32.3. The molecule has 0 aliphatic rings. The van der Waals surface area contributed by atoms with Gasteiger partial charge in [-0.2, -0.15) is 0 Å². The number of methoxy groups -OCH3 is 1. The predicted molar refractivity (Wildman–Crippen MR) is 87.6 cm³/mol. The molecule has 2 aromatic rings. The number of ether oxygens (including phenoxy) is 1. The minimum Gasteiger partial charge on any atom is -0.469 e. The van der Waals surface area contributed by atoms with Crippen molar-refractivity contribution in [3.05, 3.63) is 65.2 Å². The molecule has 0 aromatic heterocycles. The van der Waals surface area contributed by atoms with Crippen molar-refractivity contribution in [1.29, 1.82) is 0 Å². The Morgan fingerprint density at radius 2 is 1.74 bits per heavy atom. The standard InChI is InChI=1S/C16H16ClNO4S/c1-22-16(19)11-14(12-7-3-2-4-8-12)18-23(20,21)15-10-6-5-9-13(15)17/h2-10,14,18H,11H2,1H3/t14-/m1/s1. The molecule has 0 aliphatic heterocycles. The second-order valence-electron chi connectivity index (χ2n) is 4.80. The normalized spacial score (nSPS) is 12.6. The molecule has 0 unspecified atom stereocenters. The number of esters is 1. The highest BCUT2D eigenvalue weighted by molar-refractivity contribution is 7.89. The first-order valence-electron chi connectivity index (χ1n) is 6.82. The second-order valence-corrected chi connectivity index (χ2v) is 6.88. The van der Waals surface area contributed by atoms with Crippen LogP contribution < -0.4 is 4.72 Å². The molecule has 0 saturated carbocycles. The molecule has 0 spiro atoms. The fourth-order valence-electron chi connectivity index (χ4n) is 2.08. The highest BCUT2D eigenvalue weighted by Crippen LogP contribution is 2.24. The molecule has 0 saturated heterocycles. The lowest BCUT2D eigenvalue weighted by atomic mass is 10.1. The van der Waals surface area contributed by atoms with Gasteiger partial charge >= 0.3 is 5.97 Å². The van der Waals surface area contributed by atoms with Crippen molar-refractivity contribution in [2.24, 2.45) is 0 Å². The summed E-state index contributed by atoms with van der Waals surface area (Å²) in [7, 11) is -2.62. The average molecular weight is 354 g/mol. The molecule has 7 heteroatoms. The quantitative estimate of drug-likeness (QED) is 0.810. The monoisotopic (exact) mass is 353 g/mol. The van der Waals surface area contributed by atoms with Gasteiger partial charge in [0, 0.05) is 0 Å². The van der Waals surface area contributed by atoms with E-state index in [2.05, 4.69) is 9.46 Å². The molecule has 0 amide bonds. The average Bonchev–Trinajstić information content (AvgIpc) is 2.55. The molecule has 0 fully saturated rings. The zero-order valence-corrected chi connectivity index (χ0v) is 14.0. The van der Waals surface area contributed by atoms with Gasteiger partial charge in [-0.1, -0.05) is 54.1 Å². The van der Waals surface area contributed by atoms with E-state index in [9.17, 15) is 13.2 Å². The summed E-state index contributed by atoms with van der Waals surface area (Å²) in [4.78, 5) is 11.6. The van der Waals surface area contributed by atoms with Crippen LogP contribution in [0.2, 0.25) is 5.02 Å². The van der Waals surface area contributed by atoms with Gasteiger partial charge in [-0.15, -0.1) is 0 Å². The summed E-state index contributed by atoms with van der Waals surface area (Å²) in [6.07, 6.45) is -0.121. The van der Waals surface area contributed by atoms with Crippen LogP contribution in [0.15, 0.2) is 59.5 Å². The third kappa shape index (κ3) is 4.54. The van der Waals surface area contributed by atoms with Gasteiger partial charge in [0.25, 0.3) is 0 Å². The van der Waals surface area contributed by atoms with E-state index in [1.54, 1.807) is 42.5 Å². The maximum Gasteiger partial charge on any atom is 0.307 e. The number of nitrogens with one attached hydrogen (secondary N) is 1. The lowest BCUT2D eigenvalue weighted by molar-refractivity contribution is -0.141. The summed E-state index contributed by atoms with van der Waals surface area (Å²) in [6.45, 7) is 0. The van der Waals surface area contributed by atoms with Gasteiger partial charge in [-0.3, -0.25) is 4.79 Å². The molecule has 23 heavy (non-hydrogen) atoms. The largest absolute Gasteiger partial charge is 0.469 e. The number of carbonyl (C=O) groups excluding carboxylic acids is 1. The lowest BCUT2D eigenvalue weighted by Crippen LogP contribution is -2.30. The Morgan fingerprint density at radius 1 is 1.13 bits per heavy atom. The SMILES string of the molecule is COC(=O)C[C@@H](NS(=O)(=O)c1ccccc1Cl)c1ccccc1. The maximum atomic E-state index is 12.6. The van der Waals surface area contributed by atoms with Gasteiger partial charge in [-0.25, -0.2) is 13.1 Å². The minimum absolute atomic E-state index is 0.0348. The molecule has 2 rings (SSSR count). The minimum atomic E-state index is -3.88. The van der Waals surface area contributed by atoms with Gasteiger partial charge in [0.15, 0.2) is 0 Å². The first kappa shape index (κ1) is 17.5. The molecule has 1 atom stereocenters. The van der Waals surface area contributed by atoms with Gasteiger partial charge in [0.1, 0.15) is 4.90 Å². The van der Waals surface area contributed by atoms with Crippen molar-refractivity contribution in [2.75, 3.05) is 7.11 Å².